The van der Waals surface area contributed by atoms with E-state index in [0.717, 1.165) is 20.5 Å². The second-order valence-electron chi connectivity index (χ2n) is 7.52. The Morgan fingerprint density at radius 2 is 1.64 bits per heavy atom. The van der Waals surface area contributed by atoms with Crippen molar-refractivity contribution in [2.75, 3.05) is 12.8 Å². The maximum Gasteiger partial charge on any atom is 0.242 e. The molecule has 7 heteroatoms. The van der Waals surface area contributed by atoms with Crippen molar-refractivity contribution in [3.63, 3.8) is 0 Å². The van der Waals surface area contributed by atoms with Gasteiger partial charge < -0.3 is 10.2 Å². The van der Waals surface area contributed by atoms with Gasteiger partial charge in [0.05, 0.1) is 0 Å². The van der Waals surface area contributed by atoms with Gasteiger partial charge >= 0.3 is 0 Å². The normalized spacial score (nSPS) is 11.6. The van der Waals surface area contributed by atoms with E-state index in [1.54, 1.807) is 23.7 Å². The first-order chi connectivity index (χ1) is 16.0. The number of nitrogens with zero attached hydrogens (tertiary/aromatic N) is 1. The molecule has 33 heavy (non-hydrogen) atoms. The van der Waals surface area contributed by atoms with Crippen LogP contribution in [-0.4, -0.2) is 35.6 Å². The van der Waals surface area contributed by atoms with Crippen LogP contribution < -0.4 is 5.32 Å². The van der Waals surface area contributed by atoms with E-state index in [1.165, 1.54) is 0 Å². The zero-order valence-electron chi connectivity index (χ0n) is 18.3. The number of rotatable bonds is 10. The third-order valence-electron chi connectivity index (χ3n) is 5.18. The van der Waals surface area contributed by atoms with Crippen LogP contribution in [0.3, 0.4) is 0 Å². The zero-order valence-corrected chi connectivity index (χ0v) is 21.5. The molecular weight excluding hydrogens is 520 g/mol. The van der Waals surface area contributed by atoms with Gasteiger partial charge in [-0.25, -0.2) is 0 Å². The minimum Gasteiger partial charge on any atom is -0.357 e. The monoisotopic (exact) mass is 544 g/mol. The van der Waals surface area contributed by atoms with Crippen LogP contribution in [0.1, 0.15) is 17.5 Å². The quantitative estimate of drug-likeness (QED) is 0.319. The molecule has 4 nitrogen and oxygen atoms in total. The minimum absolute atomic E-state index is 0.0519. The SMILES string of the molecule is CNC(=O)[C@H](Cc1ccccc1)N(Cc1ccc(Br)cc1)C(=O)CCSc1ccc(Cl)cc1. The lowest BCUT2D eigenvalue weighted by Gasteiger charge is -2.31. The van der Waals surface area contributed by atoms with E-state index < -0.39 is 6.04 Å². The zero-order chi connectivity index (χ0) is 23.6. The van der Waals surface area contributed by atoms with Gasteiger partial charge in [-0.05, 0) is 47.5 Å². The minimum atomic E-state index is -0.603. The van der Waals surface area contributed by atoms with Gasteiger partial charge in [-0.3, -0.25) is 9.59 Å². The van der Waals surface area contributed by atoms with Crippen molar-refractivity contribution in [2.24, 2.45) is 0 Å². The number of nitrogens with one attached hydrogen (secondary N) is 1. The predicted molar refractivity (Wildman–Crippen MR) is 139 cm³/mol. The highest BCUT2D eigenvalue weighted by Crippen LogP contribution is 2.23. The van der Waals surface area contributed by atoms with E-state index in [9.17, 15) is 9.59 Å². The number of likely N-dealkylation sites (N-methyl/N-ethyl adjacent to an activating group) is 1. The van der Waals surface area contributed by atoms with E-state index in [2.05, 4.69) is 21.2 Å². The van der Waals surface area contributed by atoms with Gasteiger partial charge in [0.2, 0.25) is 11.8 Å². The fourth-order valence-electron chi connectivity index (χ4n) is 3.44. The summed E-state index contributed by atoms with van der Waals surface area (Å²) < 4.78 is 0.968. The standard InChI is InChI=1S/C26H26BrClN2O2S/c1-29-26(32)24(17-19-5-3-2-4-6-19)30(18-20-7-9-21(27)10-8-20)25(31)15-16-33-23-13-11-22(28)12-14-23/h2-14,24H,15-18H2,1H3,(H,29,32)/t24-/m0/s1. The molecule has 1 N–H and O–H groups in total. The highest BCUT2D eigenvalue weighted by Gasteiger charge is 2.29. The van der Waals surface area contributed by atoms with Crippen molar-refractivity contribution < 1.29 is 9.59 Å². The molecule has 0 fully saturated rings. The summed E-state index contributed by atoms with van der Waals surface area (Å²) in [6.45, 7) is 0.364. The molecule has 0 saturated heterocycles. The molecule has 3 aromatic rings. The molecule has 0 saturated carbocycles. The molecule has 0 radical (unpaired) electrons. The Morgan fingerprint density at radius 1 is 0.970 bits per heavy atom. The average Bonchev–Trinajstić information content (AvgIpc) is 2.83. The molecule has 2 amide bonds. The predicted octanol–water partition coefficient (Wildman–Crippen LogP) is 5.97. The molecule has 0 aliphatic heterocycles. The first-order valence-corrected chi connectivity index (χ1v) is 12.8. The Kier molecular flexibility index (Phi) is 9.85. The summed E-state index contributed by atoms with van der Waals surface area (Å²) in [6, 6.07) is 24.6. The van der Waals surface area contributed by atoms with Gasteiger partial charge in [0.25, 0.3) is 0 Å². The van der Waals surface area contributed by atoms with Gasteiger partial charge in [-0.15, -0.1) is 11.8 Å². The van der Waals surface area contributed by atoms with Crippen LogP contribution in [-0.2, 0) is 22.6 Å². The van der Waals surface area contributed by atoms with Gasteiger partial charge in [-0.2, -0.15) is 0 Å². The Morgan fingerprint density at radius 3 is 2.27 bits per heavy atom. The smallest absolute Gasteiger partial charge is 0.242 e. The average molecular weight is 546 g/mol. The van der Waals surface area contributed by atoms with Gasteiger partial charge in [0, 0.05) is 46.6 Å². The van der Waals surface area contributed by atoms with Gasteiger partial charge in [-0.1, -0.05) is 70.0 Å². The Balaban J connectivity index is 1.79. The van der Waals surface area contributed by atoms with E-state index in [-0.39, 0.29) is 11.8 Å². The van der Waals surface area contributed by atoms with Crippen LogP contribution in [0.25, 0.3) is 0 Å². The molecule has 0 bridgehead atoms. The lowest BCUT2D eigenvalue weighted by atomic mass is 10.0. The second-order valence-corrected chi connectivity index (χ2v) is 10.0. The first kappa shape index (κ1) is 25.3. The van der Waals surface area contributed by atoms with Crippen molar-refractivity contribution >= 4 is 51.1 Å². The number of halogens is 2. The number of carbonyl (C=O) groups is 2. The summed E-state index contributed by atoms with van der Waals surface area (Å²) in [5.74, 6) is 0.391. The molecule has 0 aromatic heterocycles. The molecule has 3 rings (SSSR count). The Labute approximate surface area is 212 Å². The first-order valence-electron chi connectivity index (χ1n) is 10.6. The van der Waals surface area contributed by atoms with Crippen molar-refractivity contribution in [1.82, 2.24) is 10.2 Å². The number of benzene rings is 3. The summed E-state index contributed by atoms with van der Waals surface area (Å²) in [6.07, 6.45) is 0.777. The topological polar surface area (TPSA) is 49.4 Å². The van der Waals surface area contributed by atoms with Crippen LogP contribution in [0.15, 0.2) is 88.2 Å². The van der Waals surface area contributed by atoms with Crippen molar-refractivity contribution in [1.29, 1.82) is 0 Å². The molecule has 3 aromatic carbocycles. The summed E-state index contributed by atoms with van der Waals surface area (Å²) in [5.41, 5.74) is 1.98. The lowest BCUT2D eigenvalue weighted by Crippen LogP contribution is -2.49. The van der Waals surface area contributed by atoms with Crippen LogP contribution >= 0.6 is 39.3 Å². The maximum absolute atomic E-state index is 13.4. The third-order valence-corrected chi connectivity index (χ3v) is 6.98. The number of hydrogen-bond donors (Lipinski definition) is 1. The maximum atomic E-state index is 13.4. The van der Waals surface area contributed by atoms with E-state index >= 15 is 0 Å². The fraction of sp³-hybridized carbons (Fsp3) is 0.231. The molecule has 172 valence electrons. The van der Waals surface area contributed by atoms with Gasteiger partial charge in [0.1, 0.15) is 6.04 Å². The molecule has 0 unspecified atom stereocenters. The summed E-state index contributed by atoms with van der Waals surface area (Å²) in [4.78, 5) is 29.1. The highest BCUT2D eigenvalue weighted by atomic mass is 79.9. The molecular formula is C26H26BrClN2O2S. The van der Waals surface area contributed by atoms with Crippen LogP contribution in [0.4, 0.5) is 0 Å². The molecule has 0 heterocycles. The summed E-state index contributed by atoms with van der Waals surface area (Å²) in [7, 11) is 1.61. The van der Waals surface area contributed by atoms with E-state index in [4.69, 9.17) is 11.6 Å². The number of amides is 2. The molecule has 0 aliphatic rings. The van der Waals surface area contributed by atoms with E-state index in [1.807, 2.05) is 78.9 Å². The van der Waals surface area contributed by atoms with Gasteiger partial charge in [0.15, 0.2) is 0 Å². The molecule has 0 spiro atoms. The lowest BCUT2D eigenvalue weighted by molar-refractivity contribution is -0.140. The largest absolute Gasteiger partial charge is 0.357 e. The molecule has 1 atom stereocenters. The van der Waals surface area contributed by atoms with Crippen molar-refractivity contribution in [2.45, 2.75) is 30.3 Å². The Hall–Kier alpha value is -2.28. The van der Waals surface area contributed by atoms with Crippen LogP contribution in [0.5, 0.6) is 0 Å². The summed E-state index contributed by atoms with van der Waals surface area (Å²) in [5, 5.41) is 3.43. The number of thioether (sulfide) groups is 1. The van der Waals surface area contributed by atoms with E-state index in [0.29, 0.717) is 30.2 Å². The summed E-state index contributed by atoms with van der Waals surface area (Å²) >= 11 is 11.0. The van der Waals surface area contributed by atoms with Crippen molar-refractivity contribution in [3.05, 3.63) is 99.5 Å². The van der Waals surface area contributed by atoms with Crippen LogP contribution in [0.2, 0.25) is 5.02 Å². The third kappa shape index (κ3) is 7.91. The van der Waals surface area contributed by atoms with Crippen LogP contribution in [0, 0.1) is 0 Å². The molecule has 0 aliphatic carbocycles. The fourth-order valence-corrected chi connectivity index (χ4v) is 4.67. The second kappa shape index (κ2) is 12.8. The highest BCUT2D eigenvalue weighted by molar-refractivity contribution is 9.10. The number of carbonyl (C=O) groups excluding carboxylic acids is 2. The number of hydrogen-bond acceptors (Lipinski definition) is 3. The Bertz CT molecular complexity index is 1050. The van der Waals surface area contributed by atoms with Crippen molar-refractivity contribution in [3.8, 4) is 0 Å².